The van der Waals surface area contributed by atoms with E-state index in [0.717, 1.165) is 6.42 Å². The Bertz CT molecular complexity index is 151. The minimum absolute atomic E-state index is 0.143. The van der Waals surface area contributed by atoms with Crippen LogP contribution in [0.5, 0.6) is 0 Å². The molecule has 0 radical (unpaired) electrons. The van der Waals surface area contributed by atoms with Crippen LogP contribution in [-0.4, -0.2) is 17.4 Å². The number of aliphatic hydroxyl groups is 1. The molecular weight excluding hydrogens is 181 g/mol. The average molecular weight is 196 g/mol. The molecule has 1 fully saturated rings. The molecule has 0 aromatic heterocycles. The van der Waals surface area contributed by atoms with E-state index in [1.54, 1.807) is 0 Å². The number of rotatable bonds is 5. The summed E-state index contributed by atoms with van der Waals surface area (Å²) >= 11 is 0. The van der Waals surface area contributed by atoms with Crippen LogP contribution in [-0.2, 0) is 0 Å². The predicted molar refractivity (Wildman–Crippen MR) is 43.3 cm³/mol. The van der Waals surface area contributed by atoms with Gasteiger partial charge in [-0.15, -0.1) is 0 Å². The summed E-state index contributed by atoms with van der Waals surface area (Å²) in [5.41, 5.74) is 0. The zero-order valence-electron chi connectivity index (χ0n) is 7.48. The summed E-state index contributed by atoms with van der Waals surface area (Å²) in [4.78, 5) is 0. The van der Waals surface area contributed by atoms with Crippen LogP contribution in [0.2, 0.25) is 0 Å². The molecule has 0 bridgehead atoms. The van der Waals surface area contributed by atoms with Crippen molar-refractivity contribution in [1.82, 2.24) is 0 Å². The summed E-state index contributed by atoms with van der Waals surface area (Å²) in [5.74, 6) is 0.681. The molecule has 1 rings (SSSR count). The Hall–Kier alpha value is -0.250. The molecule has 0 aromatic carbocycles. The molecule has 4 heteroatoms. The van der Waals surface area contributed by atoms with Crippen LogP contribution in [0.4, 0.5) is 13.2 Å². The van der Waals surface area contributed by atoms with Gasteiger partial charge < -0.3 is 5.11 Å². The van der Waals surface area contributed by atoms with Gasteiger partial charge in [-0.2, -0.15) is 13.2 Å². The fraction of sp³-hybridized carbons (Fsp3) is 1.00. The van der Waals surface area contributed by atoms with Gasteiger partial charge in [-0.3, -0.25) is 0 Å². The summed E-state index contributed by atoms with van der Waals surface area (Å²) in [7, 11) is 0. The number of halogens is 3. The van der Waals surface area contributed by atoms with Crippen molar-refractivity contribution in [3.8, 4) is 0 Å². The van der Waals surface area contributed by atoms with Crippen LogP contribution < -0.4 is 0 Å². The molecule has 0 amide bonds. The topological polar surface area (TPSA) is 20.2 Å². The van der Waals surface area contributed by atoms with Gasteiger partial charge in [-0.25, -0.2) is 0 Å². The van der Waals surface area contributed by atoms with E-state index in [4.69, 9.17) is 0 Å². The van der Waals surface area contributed by atoms with E-state index in [9.17, 15) is 18.3 Å². The highest BCUT2D eigenvalue weighted by Crippen LogP contribution is 2.34. The number of alkyl halides is 3. The Labute approximate surface area is 75.9 Å². The molecule has 1 aliphatic carbocycles. The van der Waals surface area contributed by atoms with E-state index < -0.39 is 18.7 Å². The van der Waals surface area contributed by atoms with Crippen LogP contribution in [0.15, 0.2) is 0 Å². The van der Waals surface area contributed by atoms with E-state index in [-0.39, 0.29) is 6.42 Å². The van der Waals surface area contributed by atoms with E-state index in [2.05, 4.69) is 0 Å². The molecule has 13 heavy (non-hydrogen) atoms. The van der Waals surface area contributed by atoms with Gasteiger partial charge in [0.15, 0.2) is 0 Å². The second-order valence-corrected chi connectivity index (χ2v) is 3.83. The molecule has 0 spiro atoms. The highest BCUT2D eigenvalue weighted by Gasteiger charge is 2.28. The van der Waals surface area contributed by atoms with Crippen molar-refractivity contribution in [1.29, 1.82) is 0 Å². The maximum atomic E-state index is 11.7. The predicted octanol–water partition coefficient (Wildman–Crippen LogP) is 2.88. The summed E-state index contributed by atoms with van der Waals surface area (Å²) in [6.07, 6.45) is -2.10. The summed E-state index contributed by atoms with van der Waals surface area (Å²) < 4.78 is 35.1. The second kappa shape index (κ2) is 4.31. The summed E-state index contributed by atoms with van der Waals surface area (Å²) in [6.45, 7) is 0. The van der Waals surface area contributed by atoms with Gasteiger partial charge in [-0.05, 0) is 25.2 Å². The molecule has 0 heterocycles. The van der Waals surface area contributed by atoms with Crippen LogP contribution in [0.3, 0.4) is 0 Å². The molecule has 1 atom stereocenters. The van der Waals surface area contributed by atoms with Crippen LogP contribution in [0, 0.1) is 5.92 Å². The fourth-order valence-corrected chi connectivity index (χ4v) is 1.31. The smallest absolute Gasteiger partial charge is 0.389 e. The fourth-order valence-electron chi connectivity index (χ4n) is 1.31. The van der Waals surface area contributed by atoms with Crippen molar-refractivity contribution < 1.29 is 18.3 Å². The van der Waals surface area contributed by atoms with E-state index in [0.29, 0.717) is 12.3 Å². The minimum Gasteiger partial charge on any atom is -0.393 e. The lowest BCUT2D eigenvalue weighted by molar-refractivity contribution is -0.140. The van der Waals surface area contributed by atoms with Gasteiger partial charge >= 0.3 is 6.18 Å². The standard InChI is InChI=1S/C9H15F3O/c10-9(11,12)6-5-8(13)4-3-7-1-2-7/h7-8,13H,1-6H2. The van der Waals surface area contributed by atoms with Gasteiger partial charge in [0.25, 0.3) is 0 Å². The zero-order chi connectivity index (χ0) is 9.90. The molecule has 0 saturated heterocycles. The van der Waals surface area contributed by atoms with Gasteiger partial charge in [0.1, 0.15) is 0 Å². The normalized spacial score (nSPS) is 20.3. The van der Waals surface area contributed by atoms with Crippen molar-refractivity contribution in [2.24, 2.45) is 5.92 Å². The maximum absolute atomic E-state index is 11.7. The molecule has 1 N–H and O–H groups in total. The number of aliphatic hydroxyl groups excluding tert-OH is 1. The van der Waals surface area contributed by atoms with Crippen molar-refractivity contribution in [3.63, 3.8) is 0 Å². The molecule has 1 saturated carbocycles. The Morgan fingerprint density at radius 1 is 1.23 bits per heavy atom. The van der Waals surface area contributed by atoms with Crippen molar-refractivity contribution >= 4 is 0 Å². The van der Waals surface area contributed by atoms with Crippen LogP contribution >= 0.6 is 0 Å². The first kappa shape index (κ1) is 10.8. The van der Waals surface area contributed by atoms with Crippen LogP contribution in [0.1, 0.15) is 38.5 Å². The summed E-state index contributed by atoms with van der Waals surface area (Å²) in [5, 5.41) is 9.19. The largest absolute Gasteiger partial charge is 0.393 e. The lowest BCUT2D eigenvalue weighted by atomic mass is 10.1. The van der Waals surface area contributed by atoms with E-state index in [1.165, 1.54) is 12.8 Å². The molecule has 1 unspecified atom stereocenters. The molecule has 78 valence electrons. The minimum atomic E-state index is -4.12. The third-order valence-electron chi connectivity index (χ3n) is 2.37. The molecule has 1 nitrogen and oxygen atoms in total. The molecule has 1 aliphatic rings. The maximum Gasteiger partial charge on any atom is 0.389 e. The van der Waals surface area contributed by atoms with Crippen molar-refractivity contribution in [3.05, 3.63) is 0 Å². The Balaban J connectivity index is 1.99. The highest BCUT2D eigenvalue weighted by atomic mass is 19.4. The molecule has 0 aliphatic heterocycles. The van der Waals surface area contributed by atoms with Gasteiger partial charge in [0, 0.05) is 6.42 Å². The highest BCUT2D eigenvalue weighted by molar-refractivity contribution is 4.74. The van der Waals surface area contributed by atoms with E-state index >= 15 is 0 Å². The quantitative estimate of drug-likeness (QED) is 0.716. The number of hydrogen-bond donors (Lipinski definition) is 1. The third-order valence-corrected chi connectivity index (χ3v) is 2.37. The second-order valence-electron chi connectivity index (χ2n) is 3.83. The average Bonchev–Trinajstić information content (AvgIpc) is 2.78. The first-order valence-electron chi connectivity index (χ1n) is 4.72. The molecular formula is C9H15F3O. The summed E-state index contributed by atoms with van der Waals surface area (Å²) in [6, 6.07) is 0. The first-order valence-corrected chi connectivity index (χ1v) is 4.72. The Morgan fingerprint density at radius 2 is 1.85 bits per heavy atom. The number of hydrogen-bond acceptors (Lipinski definition) is 1. The lowest BCUT2D eigenvalue weighted by Gasteiger charge is -2.11. The third kappa shape index (κ3) is 5.91. The first-order chi connectivity index (χ1) is 5.97. The van der Waals surface area contributed by atoms with Crippen LogP contribution in [0.25, 0.3) is 0 Å². The Morgan fingerprint density at radius 3 is 2.31 bits per heavy atom. The zero-order valence-corrected chi connectivity index (χ0v) is 7.48. The SMILES string of the molecule is OC(CCC1CC1)CCC(F)(F)F. The van der Waals surface area contributed by atoms with E-state index in [1.807, 2.05) is 0 Å². The van der Waals surface area contributed by atoms with Gasteiger partial charge in [-0.1, -0.05) is 12.8 Å². The monoisotopic (exact) mass is 196 g/mol. The lowest BCUT2D eigenvalue weighted by Crippen LogP contribution is -2.14. The van der Waals surface area contributed by atoms with Gasteiger partial charge in [0.2, 0.25) is 0 Å². The van der Waals surface area contributed by atoms with Gasteiger partial charge in [0.05, 0.1) is 6.10 Å². The van der Waals surface area contributed by atoms with Crippen molar-refractivity contribution in [2.45, 2.75) is 50.8 Å². The molecule has 0 aromatic rings. The van der Waals surface area contributed by atoms with Crippen molar-refractivity contribution in [2.75, 3.05) is 0 Å². The Kier molecular flexibility index (Phi) is 3.59.